The lowest BCUT2D eigenvalue weighted by molar-refractivity contribution is -0.130. The maximum absolute atomic E-state index is 12.5. The predicted molar refractivity (Wildman–Crippen MR) is 80.3 cm³/mol. The zero-order chi connectivity index (χ0) is 15.4. The standard InChI is InChI=1S/C17H21NO4/c19-16(11-14-6-8-21-9-7-14)18-15(12-22-17(18)20)10-13-4-2-1-3-5-13/h1-5,14-15H,6-12H2/t15-/m1/s1. The lowest BCUT2D eigenvalue weighted by Gasteiger charge is -2.25. The second kappa shape index (κ2) is 6.92. The predicted octanol–water partition coefficient (Wildman–Crippen LogP) is 2.39. The highest BCUT2D eigenvalue weighted by Crippen LogP contribution is 2.23. The van der Waals surface area contributed by atoms with E-state index in [1.165, 1.54) is 4.90 Å². The second-order valence-electron chi connectivity index (χ2n) is 5.94. The van der Waals surface area contributed by atoms with Crippen molar-refractivity contribution in [3.8, 4) is 0 Å². The molecule has 5 nitrogen and oxygen atoms in total. The SMILES string of the molecule is O=C(CC1CCOCC1)N1C(=O)OC[C@H]1Cc1ccccc1. The number of benzene rings is 1. The van der Waals surface area contributed by atoms with Crippen molar-refractivity contribution in [1.82, 2.24) is 4.90 Å². The van der Waals surface area contributed by atoms with Crippen LogP contribution in [-0.4, -0.2) is 42.8 Å². The maximum Gasteiger partial charge on any atom is 0.416 e. The molecule has 1 aromatic carbocycles. The molecule has 0 bridgehead atoms. The van der Waals surface area contributed by atoms with Crippen molar-refractivity contribution in [2.75, 3.05) is 19.8 Å². The first-order valence-corrected chi connectivity index (χ1v) is 7.84. The Bertz CT molecular complexity index is 525. The number of imide groups is 1. The number of hydrogen-bond donors (Lipinski definition) is 0. The van der Waals surface area contributed by atoms with Crippen molar-refractivity contribution in [1.29, 1.82) is 0 Å². The van der Waals surface area contributed by atoms with E-state index in [0.29, 0.717) is 32.0 Å². The molecule has 22 heavy (non-hydrogen) atoms. The van der Waals surface area contributed by atoms with E-state index in [9.17, 15) is 9.59 Å². The molecule has 0 saturated carbocycles. The largest absolute Gasteiger partial charge is 0.447 e. The zero-order valence-electron chi connectivity index (χ0n) is 12.6. The molecule has 0 aromatic heterocycles. The van der Waals surface area contributed by atoms with E-state index in [4.69, 9.17) is 9.47 Å². The molecule has 118 valence electrons. The molecule has 2 fully saturated rings. The van der Waals surface area contributed by atoms with Crippen molar-refractivity contribution in [3.05, 3.63) is 35.9 Å². The number of carbonyl (C=O) groups is 2. The van der Waals surface area contributed by atoms with Gasteiger partial charge in [-0.05, 0) is 30.7 Å². The molecule has 1 aromatic rings. The normalized spacial score (nSPS) is 22.6. The highest BCUT2D eigenvalue weighted by molar-refractivity contribution is 5.93. The molecular formula is C17H21NO4. The molecule has 2 saturated heterocycles. The molecule has 2 aliphatic rings. The molecule has 2 heterocycles. The van der Waals surface area contributed by atoms with Crippen LogP contribution in [0.1, 0.15) is 24.8 Å². The van der Waals surface area contributed by atoms with Crippen LogP contribution in [0.4, 0.5) is 4.79 Å². The van der Waals surface area contributed by atoms with Crippen molar-refractivity contribution in [2.24, 2.45) is 5.92 Å². The van der Waals surface area contributed by atoms with Gasteiger partial charge in [-0.1, -0.05) is 30.3 Å². The third kappa shape index (κ3) is 3.47. The van der Waals surface area contributed by atoms with E-state index < -0.39 is 6.09 Å². The Hall–Kier alpha value is -1.88. The van der Waals surface area contributed by atoms with Crippen LogP contribution in [0.2, 0.25) is 0 Å². The summed E-state index contributed by atoms with van der Waals surface area (Å²) in [6.45, 7) is 1.69. The van der Waals surface area contributed by atoms with Crippen LogP contribution in [0.25, 0.3) is 0 Å². The Kier molecular flexibility index (Phi) is 4.73. The number of cyclic esters (lactones) is 1. The molecular weight excluding hydrogens is 282 g/mol. The first-order chi connectivity index (χ1) is 10.7. The van der Waals surface area contributed by atoms with Gasteiger partial charge in [-0.3, -0.25) is 4.79 Å². The Morgan fingerprint density at radius 3 is 2.64 bits per heavy atom. The Labute approximate surface area is 130 Å². The monoisotopic (exact) mass is 303 g/mol. The molecule has 0 radical (unpaired) electrons. The Balaban J connectivity index is 1.63. The van der Waals surface area contributed by atoms with Crippen LogP contribution >= 0.6 is 0 Å². The molecule has 2 aliphatic heterocycles. The molecule has 0 unspecified atom stereocenters. The van der Waals surface area contributed by atoms with Gasteiger partial charge in [0.15, 0.2) is 0 Å². The van der Waals surface area contributed by atoms with Gasteiger partial charge >= 0.3 is 6.09 Å². The molecule has 0 spiro atoms. The number of rotatable bonds is 4. The summed E-state index contributed by atoms with van der Waals surface area (Å²) in [6.07, 6.45) is 2.32. The average Bonchev–Trinajstić information content (AvgIpc) is 2.90. The van der Waals surface area contributed by atoms with Crippen LogP contribution in [0, 0.1) is 5.92 Å². The molecule has 0 N–H and O–H groups in total. The quantitative estimate of drug-likeness (QED) is 0.857. The number of amides is 2. The summed E-state index contributed by atoms with van der Waals surface area (Å²) in [7, 11) is 0. The van der Waals surface area contributed by atoms with Crippen molar-refractivity contribution < 1.29 is 19.1 Å². The van der Waals surface area contributed by atoms with Crippen molar-refractivity contribution >= 4 is 12.0 Å². The fourth-order valence-electron chi connectivity index (χ4n) is 3.10. The summed E-state index contributed by atoms with van der Waals surface area (Å²) in [4.78, 5) is 25.7. The molecule has 5 heteroatoms. The lowest BCUT2D eigenvalue weighted by Crippen LogP contribution is -2.41. The number of nitrogens with zero attached hydrogens (tertiary/aromatic N) is 1. The van der Waals surface area contributed by atoms with Gasteiger partial charge in [0.2, 0.25) is 5.91 Å². The second-order valence-corrected chi connectivity index (χ2v) is 5.94. The van der Waals surface area contributed by atoms with Crippen molar-refractivity contribution in [3.63, 3.8) is 0 Å². The van der Waals surface area contributed by atoms with E-state index in [2.05, 4.69) is 0 Å². The molecule has 2 amide bonds. The van der Waals surface area contributed by atoms with Gasteiger partial charge in [-0.25, -0.2) is 9.69 Å². The third-order valence-corrected chi connectivity index (χ3v) is 4.35. The molecule has 1 atom stereocenters. The molecule has 0 aliphatic carbocycles. The number of carbonyl (C=O) groups excluding carboxylic acids is 2. The lowest BCUT2D eigenvalue weighted by atomic mass is 9.95. The number of ether oxygens (including phenoxy) is 2. The summed E-state index contributed by atoms with van der Waals surface area (Å²) in [5.74, 6) is 0.197. The van der Waals surface area contributed by atoms with E-state index in [1.807, 2.05) is 30.3 Å². The summed E-state index contributed by atoms with van der Waals surface area (Å²) in [6, 6.07) is 9.69. The first kappa shape index (κ1) is 15.0. The highest BCUT2D eigenvalue weighted by Gasteiger charge is 2.38. The summed E-state index contributed by atoms with van der Waals surface area (Å²) < 4.78 is 10.4. The topological polar surface area (TPSA) is 55.8 Å². The van der Waals surface area contributed by atoms with Crippen LogP contribution in [-0.2, 0) is 20.7 Å². The van der Waals surface area contributed by atoms with Crippen molar-refractivity contribution in [2.45, 2.75) is 31.7 Å². The maximum atomic E-state index is 12.5. The summed E-state index contributed by atoms with van der Waals surface area (Å²) >= 11 is 0. The van der Waals surface area contributed by atoms with Gasteiger partial charge in [0, 0.05) is 19.6 Å². The van der Waals surface area contributed by atoms with E-state index in [1.54, 1.807) is 0 Å². The van der Waals surface area contributed by atoms with Crippen LogP contribution in [0.5, 0.6) is 0 Å². The van der Waals surface area contributed by atoms with Gasteiger partial charge in [0.1, 0.15) is 6.61 Å². The van der Waals surface area contributed by atoms with Gasteiger partial charge in [-0.15, -0.1) is 0 Å². The minimum Gasteiger partial charge on any atom is -0.447 e. The minimum absolute atomic E-state index is 0.115. The minimum atomic E-state index is -0.502. The Morgan fingerprint density at radius 1 is 1.18 bits per heavy atom. The van der Waals surface area contributed by atoms with Gasteiger partial charge < -0.3 is 9.47 Å². The van der Waals surface area contributed by atoms with Crippen LogP contribution < -0.4 is 0 Å². The van der Waals surface area contributed by atoms with Gasteiger partial charge in [-0.2, -0.15) is 0 Å². The Morgan fingerprint density at radius 2 is 1.91 bits per heavy atom. The zero-order valence-corrected chi connectivity index (χ0v) is 12.6. The first-order valence-electron chi connectivity index (χ1n) is 7.84. The average molecular weight is 303 g/mol. The number of hydrogen-bond acceptors (Lipinski definition) is 4. The van der Waals surface area contributed by atoms with E-state index >= 15 is 0 Å². The van der Waals surface area contributed by atoms with Crippen LogP contribution in [0.15, 0.2) is 30.3 Å². The summed E-state index contributed by atoms with van der Waals surface area (Å²) in [5.41, 5.74) is 1.11. The molecule has 3 rings (SSSR count). The fourth-order valence-corrected chi connectivity index (χ4v) is 3.10. The smallest absolute Gasteiger partial charge is 0.416 e. The summed E-state index contributed by atoms with van der Waals surface area (Å²) in [5, 5.41) is 0. The third-order valence-electron chi connectivity index (χ3n) is 4.35. The van der Waals surface area contributed by atoms with Gasteiger partial charge in [0.05, 0.1) is 6.04 Å². The van der Waals surface area contributed by atoms with Gasteiger partial charge in [0.25, 0.3) is 0 Å². The fraction of sp³-hybridized carbons (Fsp3) is 0.529. The van der Waals surface area contributed by atoms with Crippen LogP contribution in [0.3, 0.4) is 0 Å². The highest BCUT2D eigenvalue weighted by atomic mass is 16.6. The van der Waals surface area contributed by atoms with E-state index in [-0.39, 0.29) is 18.6 Å². The van der Waals surface area contributed by atoms with E-state index in [0.717, 1.165) is 18.4 Å².